The van der Waals surface area contributed by atoms with E-state index < -0.39 is 0 Å². The Hall–Kier alpha value is -1.87. The van der Waals surface area contributed by atoms with E-state index in [0.29, 0.717) is 16.5 Å². The summed E-state index contributed by atoms with van der Waals surface area (Å²) >= 11 is 6.26. The summed E-state index contributed by atoms with van der Waals surface area (Å²) in [5, 5.41) is 0.469. The van der Waals surface area contributed by atoms with Crippen molar-refractivity contribution in [3.8, 4) is 22.6 Å². The quantitative estimate of drug-likeness (QED) is 0.865. The van der Waals surface area contributed by atoms with E-state index in [4.69, 9.17) is 26.8 Å². The van der Waals surface area contributed by atoms with Gasteiger partial charge in [0.1, 0.15) is 16.5 Å². The Morgan fingerprint density at radius 3 is 2.37 bits per heavy atom. The molecule has 0 aromatic heterocycles. The molecule has 0 unspecified atom stereocenters. The van der Waals surface area contributed by atoms with Crippen LogP contribution in [0.5, 0.6) is 11.5 Å². The fourth-order valence-corrected chi connectivity index (χ4v) is 2.28. The summed E-state index contributed by atoms with van der Waals surface area (Å²) in [6.45, 7) is 1.97. The smallest absolute Gasteiger partial charge is 0.149 e. The second-order valence-corrected chi connectivity index (χ2v) is 4.61. The van der Waals surface area contributed by atoms with E-state index in [9.17, 15) is 0 Å². The Morgan fingerprint density at radius 2 is 1.79 bits per heavy atom. The van der Waals surface area contributed by atoms with Gasteiger partial charge in [-0.3, -0.25) is 0 Å². The minimum atomic E-state index is 0.469. The first-order valence-electron chi connectivity index (χ1n) is 5.85. The number of nitrogen functional groups attached to an aromatic ring is 1. The van der Waals surface area contributed by atoms with E-state index >= 15 is 0 Å². The van der Waals surface area contributed by atoms with Crippen LogP contribution in [0, 0.1) is 6.92 Å². The van der Waals surface area contributed by atoms with E-state index in [1.54, 1.807) is 14.2 Å². The van der Waals surface area contributed by atoms with Gasteiger partial charge in [0.25, 0.3) is 0 Å². The molecular formula is C15H16ClNO2. The third kappa shape index (κ3) is 2.47. The third-order valence-electron chi connectivity index (χ3n) is 3.07. The molecule has 0 radical (unpaired) electrons. The fraction of sp³-hybridized carbons (Fsp3) is 0.200. The van der Waals surface area contributed by atoms with Crippen molar-refractivity contribution in [1.29, 1.82) is 0 Å². The average Bonchev–Trinajstić information content (AvgIpc) is 2.41. The molecule has 0 saturated carbocycles. The monoisotopic (exact) mass is 277 g/mol. The van der Waals surface area contributed by atoms with Gasteiger partial charge in [0, 0.05) is 11.3 Å². The molecule has 0 aliphatic rings. The number of nitrogens with two attached hydrogens (primary N) is 1. The lowest BCUT2D eigenvalue weighted by Gasteiger charge is -2.14. The van der Waals surface area contributed by atoms with E-state index in [-0.39, 0.29) is 0 Å². The zero-order valence-corrected chi connectivity index (χ0v) is 11.9. The number of hydrogen-bond donors (Lipinski definition) is 1. The minimum absolute atomic E-state index is 0.469. The Bertz CT molecular complexity index is 611. The van der Waals surface area contributed by atoms with Gasteiger partial charge in [0.2, 0.25) is 0 Å². The van der Waals surface area contributed by atoms with Gasteiger partial charge in [-0.05, 0) is 42.3 Å². The average molecular weight is 278 g/mol. The highest BCUT2D eigenvalue weighted by atomic mass is 35.5. The molecule has 0 fully saturated rings. The number of hydrogen-bond acceptors (Lipinski definition) is 3. The molecule has 0 spiro atoms. The van der Waals surface area contributed by atoms with Crippen LogP contribution in [0.1, 0.15) is 5.56 Å². The van der Waals surface area contributed by atoms with Gasteiger partial charge >= 0.3 is 0 Å². The van der Waals surface area contributed by atoms with Crippen molar-refractivity contribution in [3.05, 3.63) is 40.9 Å². The number of halogens is 1. The van der Waals surface area contributed by atoms with Crippen molar-refractivity contribution in [1.82, 2.24) is 0 Å². The number of methoxy groups -OCH3 is 2. The van der Waals surface area contributed by atoms with Crippen molar-refractivity contribution >= 4 is 17.3 Å². The maximum atomic E-state index is 6.26. The highest BCUT2D eigenvalue weighted by Crippen LogP contribution is 2.42. The molecule has 2 aromatic carbocycles. The van der Waals surface area contributed by atoms with Crippen LogP contribution in [0.2, 0.25) is 5.02 Å². The van der Waals surface area contributed by atoms with E-state index in [1.807, 2.05) is 37.3 Å². The number of benzene rings is 2. The maximum Gasteiger partial charge on any atom is 0.149 e. The van der Waals surface area contributed by atoms with Gasteiger partial charge in [0.15, 0.2) is 0 Å². The molecule has 0 aliphatic heterocycles. The fourth-order valence-electron chi connectivity index (χ4n) is 1.97. The first-order valence-corrected chi connectivity index (χ1v) is 6.23. The molecule has 0 bridgehead atoms. The molecule has 0 amide bonds. The van der Waals surface area contributed by atoms with Crippen LogP contribution < -0.4 is 15.2 Å². The summed E-state index contributed by atoms with van der Waals surface area (Å²) in [7, 11) is 3.17. The highest BCUT2D eigenvalue weighted by molar-refractivity contribution is 6.34. The molecule has 0 aliphatic carbocycles. The minimum Gasteiger partial charge on any atom is -0.495 e. The summed E-state index contributed by atoms with van der Waals surface area (Å²) in [5.74, 6) is 1.19. The Kier molecular flexibility index (Phi) is 3.86. The maximum absolute atomic E-state index is 6.26. The zero-order valence-electron chi connectivity index (χ0n) is 11.2. The predicted molar refractivity (Wildman–Crippen MR) is 79.1 cm³/mol. The summed E-state index contributed by atoms with van der Waals surface area (Å²) in [5.41, 5.74) is 9.54. The van der Waals surface area contributed by atoms with Crippen LogP contribution in [0.3, 0.4) is 0 Å². The largest absolute Gasteiger partial charge is 0.495 e. The Balaban J connectivity index is 2.61. The van der Waals surface area contributed by atoms with Gasteiger partial charge in [-0.25, -0.2) is 0 Å². The molecule has 0 atom stereocenters. The molecule has 2 N–H and O–H groups in total. The molecule has 100 valence electrons. The molecule has 3 nitrogen and oxygen atoms in total. The van der Waals surface area contributed by atoms with Crippen LogP contribution >= 0.6 is 11.6 Å². The molecule has 0 saturated heterocycles. The van der Waals surface area contributed by atoms with Crippen LogP contribution in [0.15, 0.2) is 30.3 Å². The first-order chi connectivity index (χ1) is 9.08. The molecule has 0 heterocycles. The number of anilines is 1. The molecule has 19 heavy (non-hydrogen) atoms. The standard InChI is InChI=1S/C15H16ClNO2/c1-9-8-10(4-6-12(9)17)11-5-7-13(18-2)14(16)15(11)19-3/h4-8H,17H2,1-3H3. The highest BCUT2D eigenvalue weighted by Gasteiger charge is 2.14. The van der Waals surface area contributed by atoms with E-state index in [2.05, 4.69) is 0 Å². The molecular weight excluding hydrogens is 262 g/mol. The van der Waals surface area contributed by atoms with Crippen LogP contribution in [-0.4, -0.2) is 14.2 Å². The van der Waals surface area contributed by atoms with Gasteiger partial charge in [-0.1, -0.05) is 17.7 Å². The lowest BCUT2D eigenvalue weighted by molar-refractivity contribution is 0.396. The van der Waals surface area contributed by atoms with Crippen LogP contribution in [-0.2, 0) is 0 Å². The van der Waals surface area contributed by atoms with E-state index in [0.717, 1.165) is 22.4 Å². The first kappa shape index (κ1) is 13.6. The molecule has 2 aromatic rings. The second kappa shape index (κ2) is 5.41. The van der Waals surface area contributed by atoms with Crippen molar-refractivity contribution in [2.45, 2.75) is 6.92 Å². The normalized spacial score (nSPS) is 10.3. The molecule has 2 rings (SSSR count). The van der Waals surface area contributed by atoms with Gasteiger partial charge in [-0.2, -0.15) is 0 Å². The van der Waals surface area contributed by atoms with Crippen LogP contribution in [0.4, 0.5) is 5.69 Å². The SMILES string of the molecule is COc1ccc(-c2ccc(N)c(C)c2)c(OC)c1Cl. The summed E-state index contributed by atoms with van der Waals surface area (Å²) in [4.78, 5) is 0. The molecule has 4 heteroatoms. The van der Waals surface area contributed by atoms with Gasteiger partial charge in [-0.15, -0.1) is 0 Å². The van der Waals surface area contributed by atoms with Crippen molar-refractivity contribution in [3.63, 3.8) is 0 Å². The van der Waals surface area contributed by atoms with Crippen molar-refractivity contribution in [2.24, 2.45) is 0 Å². The lowest BCUT2D eigenvalue weighted by atomic mass is 10.0. The predicted octanol–water partition coefficient (Wildman–Crippen LogP) is 3.91. The summed E-state index contributed by atoms with van der Waals surface area (Å²) in [6, 6.07) is 9.58. The summed E-state index contributed by atoms with van der Waals surface area (Å²) < 4.78 is 10.6. The number of ether oxygens (including phenoxy) is 2. The lowest BCUT2D eigenvalue weighted by Crippen LogP contribution is -1.94. The zero-order chi connectivity index (χ0) is 14.0. The number of aryl methyl sites for hydroxylation is 1. The van der Waals surface area contributed by atoms with Crippen LogP contribution in [0.25, 0.3) is 11.1 Å². The Labute approximate surface area is 117 Å². The third-order valence-corrected chi connectivity index (χ3v) is 3.42. The summed E-state index contributed by atoms with van der Waals surface area (Å²) in [6.07, 6.45) is 0. The number of rotatable bonds is 3. The Morgan fingerprint density at radius 1 is 1.05 bits per heavy atom. The van der Waals surface area contributed by atoms with Crippen molar-refractivity contribution < 1.29 is 9.47 Å². The van der Waals surface area contributed by atoms with Gasteiger partial charge in [0.05, 0.1) is 14.2 Å². The second-order valence-electron chi connectivity index (χ2n) is 4.23. The van der Waals surface area contributed by atoms with Crippen molar-refractivity contribution in [2.75, 3.05) is 20.0 Å². The topological polar surface area (TPSA) is 44.5 Å². The van der Waals surface area contributed by atoms with E-state index in [1.165, 1.54) is 0 Å². The van der Waals surface area contributed by atoms with Gasteiger partial charge < -0.3 is 15.2 Å².